The van der Waals surface area contributed by atoms with Crippen LogP contribution >= 0.6 is 0 Å². The molecule has 0 spiro atoms. The largest absolute Gasteiger partial charge is 0.503 e. The van der Waals surface area contributed by atoms with Gasteiger partial charge in [0.05, 0.1) is 0 Å². The maximum absolute atomic E-state index is 11.1. The predicted octanol–water partition coefficient (Wildman–Crippen LogP) is -2.47. The summed E-state index contributed by atoms with van der Waals surface area (Å²) in [5.74, 6) is -3.90. The molecule has 12 nitrogen and oxygen atoms in total. The molecule has 0 amide bonds. The third-order valence-corrected chi connectivity index (χ3v) is 4.64. The van der Waals surface area contributed by atoms with Gasteiger partial charge in [0, 0.05) is 17.5 Å². The van der Waals surface area contributed by atoms with E-state index in [0.29, 0.717) is 5.56 Å². The van der Waals surface area contributed by atoms with E-state index in [1.807, 2.05) is 0 Å². The lowest BCUT2D eigenvalue weighted by Gasteiger charge is -2.15. The van der Waals surface area contributed by atoms with Gasteiger partial charge in [0.25, 0.3) is 0 Å². The predicted molar refractivity (Wildman–Crippen MR) is 102 cm³/mol. The minimum absolute atomic E-state index is 0.00312. The smallest absolute Gasteiger partial charge is 0.320 e. The van der Waals surface area contributed by atoms with Gasteiger partial charge in [-0.3, -0.25) is 14.4 Å². The molecule has 12 heteroatoms. The summed E-state index contributed by atoms with van der Waals surface area (Å²) in [6.07, 6.45) is 1.99. The third kappa shape index (κ3) is 7.91. The van der Waals surface area contributed by atoms with E-state index < -0.39 is 42.1 Å². The molecule has 0 saturated carbocycles. The average Bonchev–Trinajstić information content (AvgIpc) is 2.65. The number of carboxylic acids is 3. The molecule has 0 aromatic carbocycles. The lowest BCUT2D eigenvalue weighted by Crippen LogP contribution is -2.41. The van der Waals surface area contributed by atoms with Crippen molar-refractivity contribution in [2.45, 2.75) is 62.9 Å². The van der Waals surface area contributed by atoms with Crippen molar-refractivity contribution >= 4 is 17.9 Å². The summed E-state index contributed by atoms with van der Waals surface area (Å²) in [5, 5.41) is 47.3. The maximum Gasteiger partial charge on any atom is 0.320 e. The number of hydrogen-bond acceptors (Lipinski definition) is 8. The van der Waals surface area contributed by atoms with Gasteiger partial charge in [0.1, 0.15) is 24.2 Å². The van der Waals surface area contributed by atoms with Crippen molar-refractivity contribution in [1.82, 2.24) is 0 Å². The molecule has 1 rings (SSSR count). The summed E-state index contributed by atoms with van der Waals surface area (Å²) in [7, 11) is 0. The molecule has 1 aromatic rings. The number of rotatable bonds is 13. The first kappa shape index (κ1) is 25.2. The Kier molecular flexibility index (Phi) is 9.59. The van der Waals surface area contributed by atoms with Crippen LogP contribution in [0.5, 0.6) is 5.75 Å². The van der Waals surface area contributed by atoms with E-state index in [2.05, 4.69) is 0 Å². The van der Waals surface area contributed by atoms with Gasteiger partial charge in [0.2, 0.25) is 6.20 Å². The van der Waals surface area contributed by atoms with Crippen LogP contribution in [0.1, 0.15) is 30.4 Å². The summed E-state index contributed by atoms with van der Waals surface area (Å²) in [5.41, 5.74) is 17.2. The number of pyridine rings is 1. The summed E-state index contributed by atoms with van der Waals surface area (Å²) in [4.78, 5) is 32.8. The quantitative estimate of drug-likeness (QED) is 0.153. The molecule has 0 aliphatic rings. The number of hydrogen-bond donors (Lipinski definition) is 8. The summed E-state index contributed by atoms with van der Waals surface area (Å²) in [6.45, 7) is 0.00312. The number of nitrogens with two attached hydrogens (primary N) is 3. The fraction of sp³-hybridized carbons (Fsp3) is 0.556. The van der Waals surface area contributed by atoms with Crippen molar-refractivity contribution < 1.29 is 44.5 Å². The topological polar surface area (TPSA) is 234 Å². The highest BCUT2D eigenvalue weighted by Crippen LogP contribution is 2.22. The van der Waals surface area contributed by atoms with Crippen LogP contribution in [-0.4, -0.2) is 67.7 Å². The van der Waals surface area contributed by atoms with Crippen molar-refractivity contribution in [2.75, 3.05) is 0 Å². The van der Waals surface area contributed by atoms with Gasteiger partial charge in [-0.05, 0) is 25.7 Å². The second-order valence-corrected chi connectivity index (χ2v) is 7.15. The lowest BCUT2D eigenvalue weighted by atomic mass is 9.96. The van der Waals surface area contributed by atoms with E-state index in [1.54, 1.807) is 6.20 Å². The standard InChI is InChI=1S/C18H28N4O8/c19-12(16(25)26)3-1-9-6-22(7-10(23)2-4-13(20)17(27)28)8-15(24)11(9)5-14(21)18(29)30/h6,8,10,12-14,23H,1-5,7,19-21H2,(H3-,24,25,26,27,28,29,30)/p+1/t10-,12+,13+,14+/m1/s1. The molecule has 0 aliphatic heterocycles. The molecule has 0 radical (unpaired) electrons. The SMILES string of the molecule is N[C@@H](CCc1c[n+](C[C@H](O)CC[C@H](N)C(=O)O)cc(O)c1C[C@H](N)C(=O)O)C(=O)O. The van der Waals surface area contributed by atoms with Crippen LogP contribution in [0.3, 0.4) is 0 Å². The Morgan fingerprint density at radius 1 is 0.867 bits per heavy atom. The molecular formula is C18H29N4O8+. The Balaban J connectivity index is 3.04. The first-order valence-electron chi connectivity index (χ1n) is 9.29. The number of aliphatic carboxylic acids is 3. The molecule has 0 aliphatic carbocycles. The number of aryl methyl sites for hydroxylation is 1. The van der Waals surface area contributed by atoms with Crippen molar-refractivity contribution in [1.29, 1.82) is 0 Å². The summed E-state index contributed by atoms with van der Waals surface area (Å²) >= 11 is 0. The highest BCUT2D eigenvalue weighted by molar-refractivity contribution is 5.74. The van der Waals surface area contributed by atoms with E-state index in [4.69, 9.17) is 32.5 Å². The highest BCUT2D eigenvalue weighted by Gasteiger charge is 2.24. The maximum atomic E-state index is 11.1. The Bertz CT molecular complexity index is 773. The van der Waals surface area contributed by atoms with Crippen molar-refractivity contribution in [3.05, 3.63) is 23.5 Å². The van der Waals surface area contributed by atoms with Gasteiger partial charge in [-0.25, -0.2) is 0 Å². The number of aliphatic hydroxyl groups excluding tert-OH is 1. The minimum Gasteiger partial charge on any atom is -0.503 e. The Labute approximate surface area is 172 Å². The Morgan fingerprint density at radius 3 is 1.93 bits per heavy atom. The molecule has 4 atom stereocenters. The molecular weight excluding hydrogens is 400 g/mol. The lowest BCUT2D eigenvalue weighted by molar-refractivity contribution is -0.704. The van der Waals surface area contributed by atoms with Gasteiger partial charge in [0.15, 0.2) is 18.5 Å². The number of carbonyl (C=O) groups is 3. The zero-order chi connectivity index (χ0) is 23.0. The van der Waals surface area contributed by atoms with Crippen LogP contribution in [0, 0.1) is 0 Å². The van der Waals surface area contributed by atoms with E-state index in [9.17, 15) is 24.6 Å². The monoisotopic (exact) mass is 429 g/mol. The Morgan fingerprint density at radius 2 is 1.40 bits per heavy atom. The van der Waals surface area contributed by atoms with Crippen LogP contribution < -0.4 is 21.8 Å². The molecule has 1 aromatic heterocycles. The highest BCUT2D eigenvalue weighted by atomic mass is 16.4. The first-order chi connectivity index (χ1) is 13.9. The van der Waals surface area contributed by atoms with Gasteiger partial charge in [-0.2, -0.15) is 4.57 Å². The van der Waals surface area contributed by atoms with Gasteiger partial charge < -0.3 is 42.7 Å². The molecule has 0 fully saturated rings. The van der Waals surface area contributed by atoms with Crippen molar-refractivity contribution in [3.63, 3.8) is 0 Å². The number of nitrogens with zero attached hydrogens (tertiary/aromatic N) is 1. The fourth-order valence-electron chi connectivity index (χ4n) is 2.84. The Hall–Kier alpha value is -2.80. The van der Waals surface area contributed by atoms with Crippen molar-refractivity contribution in [3.8, 4) is 5.75 Å². The number of aromatic nitrogens is 1. The molecule has 0 saturated heterocycles. The van der Waals surface area contributed by atoms with E-state index in [-0.39, 0.29) is 50.0 Å². The summed E-state index contributed by atoms with van der Waals surface area (Å²) < 4.78 is 1.45. The van der Waals surface area contributed by atoms with Crippen LogP contribution in [0.4, 0.5) is 0 Å². The number of aliphatic hydroxyl groups is 1. The minimum atomic E-state index is -1.28. The molecule has 11 N–H and O–H groups in total. The molecule has 0 unspecified atom stereocenters. The second kappa shape index (κ2) is 11.4. The van der Waals surface area contributed by atoms with Gasteiger partial charge >= 0.3 is 17.9 Å². The van der Waals surface area contributed by atoms with Gasteiger partial charge in [-0.15, -0.1) is 0 Å². The molecule has 168 valence electrons. The zero-order valence-electron chi connectivity index (χ0n) is 16.3. The van der Waals surface area contributed by atoms with E-state index in [1.165, 1.54) is 10.8 Å². The second-order valence-electron chi connectivity index (χ2n) is 7.15. The average molecular weight is 429 g/mol. The number of carboxylic acid groups (broad SMARTS) is 3. The first-order valence-corrected chi connectivity index (χ1v) is 9.29. The molecule has 0 bridgehead atoms. The van der Waals surface area contributed by atoms with E-state index in [0.717, 1.165) is 0 Å². The normalized spacial score (nSPS) is 15.2. The third-order valence-electron chi connectivity index (χ3n) is 4.64. The van der Waals surface area contributed by atoms with Crippen LogP contribution in [-0.2, 0) is 33.8 Å². The van der Waals surface area contributed by atoms with Crippen LogP contribution in [0.25, 0.3) is 0 Å². The zero-order valence-corrected chi connectivity index (χ0v) is 16.3. The van der Waals surface area contributed by atoms with E-state index >= 15 is 0 Å². The number of aromatic hydroxyl groups is 1. The molecule has 1 heterocycles. The fourth-order valence-corrected chi connectivity index (χ4v) is 2.84. The van der Waals surface area contributed by atoms with Gasteiger partial charge in [-0.1, -0.05) is 0 Å². The van der Waals surface area contributed by atoms with Crippen LogP contribution in [0.15, 0.2) is 12.4 Å². The molecule has 30 heavy (non-hydrogen) atoms. The van der Waals surface area contributed by atoms with Crippen molar-refractivity contribution in [2.24, 2.45) is 17.2 Å². The summed E-state index contributed by atoms with van der Waals surface area (Å²) in [6, 6.07) is -3.53. The van der Waals surface area contributed by atoms with Crippen LogP contribution in [0.2, 0.25) is 0 Å².